The lowest BCUT2D eigenvalue weighted by atomic mass is 10.3. The summed E-state index contributed by atoms with van der Waals surface area (Å²) in [6, 6.07) is 15.2. The van der Waals surface area contributed by atoms with Crippen LogP contribution in [0.3, 0.4) is 0 Å². The fourth-order valence-electron chi connectivity index (χ4n) is 2.33. The van der Waals surface area contributed by atoms with Crippen molar-refractivity contribution < 1.29 is 13.2 Å². The molecule has 2 N–H and O–H groups in total. The molecule has 0 atom stereocenters. The predicted octanol–water partition coefficient (Wildman–Crippen LogP) is 3.89. The van der Waals surface area contributed by atoms with Gasteiger partial charge in [0.2, 0.25) is 9.84 Å². The lowest BCUT2D eigenvalue weighted by molar-refractivity contribution is 0.251. The average Bonchev–Trinajstić information content (AvgIpc) is 2.68. The molecule has 3 aromatic rings. The third-order valence-electron chi connectivity index (χ3n) is 3.72. The molecule has 0 spiro atoms. The van der Waals surface area contributed by atoms with E-state index in [1.54, 1.807) is 18.5 Å². The minimum absolute atomic E-state index is 0.131. The molecule has 27 heavy (non-hydrogen) atoms. The van der Waals surface area contributed by atoms with Crippen molar-refractivity contribution in [2.24, 2.45) is 0 Å². The molecule has 8 heteroatoms. The molecule has 0 aliphatic carbocycles. The van der Waals surface area contributed by atoms with Crippen molar-refractivity contribution in [2.45, 2.75) is 16.3 Å². The van der Waals surface area contributed by atoms with Gasteiger partial charge < -0.3 is 10.6 Å². The quantitative estimate of drug-likeness (QED) is 0.678. The summed E-state index contributed by atoms with van der Waals surface area (Å²) in [4.78, 5) is 16.2. The summed E-state index contributed by atoms with van der Waals surface area (Å²) in [6.07, 6.45) is 3.32. The van der Waals surface area contributed by atoms with Gasteiger partial charge in [-0.3, -0.25) is 4.98 Å². The highest BCUT2D eigenvalue weighted by Crippen LogP contribution is 2.23. The van der Waals surface area contributed by atoms with Crippen LogP contribution >= 0.6 is 11.6 Å². The van der Waals surface area contributed by atoms with E-state index in [1.165, 1.54) is 48.5 Å². The fourth-order valence-corrected chi connectivity index (χ4v) is 3.71. The van der Waals surface area contributed by atoms with Gasteiger partial charge >= 0.3 is 6.03 Å². The van der Waals surface area contributed by atoms with Crippen molar-refractivity contribution in [3.05, 3.63) is 83.6 Å². The van der Waals surface area contributed by atoms with Crippen LogP contribution in [0.1, 0.15) is 5.56 Å². The first kappa shape index (κ1) is 18.9. The molecular weight excluding hydrogens is 386 g/mol. The molecule has 3 rings (SSSR count). The van der Waals surface area contributed by atoms with Crippen LogP contribution in [0.4, 0.5) is 10.5 Å². The zero-order valence-corrected chi connectivity index (χ0v) is 15.7. The number of nitrogens with zero attached hydrogens (tertiary/aromatic N) is 1. The molecule has 0 aliphatic heterocycles. The van der Waals surface area contributed by atoms with Gasteiger partial charge in [0, 0.05) is 29.6 Å². The molecule has 2 aromatic carbocycles. The number of aromatic nitrogens is 1. The van der Waals surface area contributed by atoms with Gasteiger partial charge in [-0.05, 0) is 60.2 Å². The van der Waals surface area contributed by atoms with E-state index >= 15 is 0 Å². The number of benzene rings is 2. The Balaban J connectivity index is 1.64. The zero-order chi connectivity index (χ0) is 19.3. The highest BCUT2D eigenvalue weighted by molar-refractivity contribution is 7.91. The molecule has 0 fully saturated rings. The van der Waals surface area contributed by atoms with Crippen LogP contribution in [0.15, 0.2) is 82.8 Å². The number of sulfone groups is 1. The molecule has 0 saturated carbocycles. The Kier molecular flexibility index (Phi) is 5.73. The summed E-state index contributed by atoms with van der Waals surface area (Å²) in [5.41, 5.74) is 1.35. The van der Waals surface area contributed by atoms with Crippen LogP contribution in [0.2, 0.25) is 5.02 Å². The van der Waals surface area contributed by atoms with Crippen LogP contribution in [0.25, 0.3) is 0 Å². The van der Waals surface area contributed by atoms with Crippen molar-refractivity contribution in [2.75, 3.05) is 5.32 Å². The van der Waals surface area contributed by atoms with Gasteiger partial charge in [0.1, 0.15) is 0 Å². The normalized spacial score (nSPS) is 11.0. The van der Waals surface area contributed by atoms with E-state index in [9.17, 15) is 13.2 Å². The van der Waals surface area contributed by atoms with Crippen molar-refractivity contribution in [1.82, 2.24) is 10.3 Å². The number of amides is 2. The van der Waals surface area contributed by atoms with Gasteiger partial charge in [-0.1, -0.05) is 17.7 Å². The molecule has 138 valence electrons. The molecule has 0 aliphatic rings. The third kappa shape index (κ3) is 4.84. The van der Waals surface area contributed by atoms with Crippen LogP contribution in [-0.2, 0) is 16.4 Å². The second kappa shape index (κ2) is 8.20. The number of carbonyl (C=O) groups is 1. The van der Waals surface area contributed by atoms with E-state index in [1.807, 2.05) is 6.07 Å². The number of rotatable bonds is 5. The van der Waals surface area contributed by atoms with Crippen LogP contribution in [0, 0.1) is 0 Å². The highest BCUT2D eigenvalue weighted by atomic mass is 35.5. The molecule has 1 aromatic heterocycles. The number of halogens is 1. The Hall–Kier alpha value is -2.90. The van der Waals surface area contributed by atoms with Crippen molar-refractivity contribution in [3.63, 3.8) is 0 Å². The Bertz CT molecular complexity index is 1020. The van der Waals surface area contributed by atoms with E-state index in [2.05, 4.69) is 15.6 Å². The van der Waals surface area contributed by atoms with Gasteiger partial charge in [-0.2, -0.15) is 0 Å². The largest absolute Gasteiger partial charge is 0.334 e. The van der Waals surface area contributed by atoms with Crippen LogP contribution in [0.5, 0.6) is 0 Å². The van der Waals surface area contributed by atoms with Gasteiger partial charge in [-0.25, -0.2) is 13.2 Å². The standard InChI is InChI=1S/C19H16ClN3O3S/c20-15-3-7-17(8-4-15)27(25,26)18-9-5-16(6-10-18)23-19(24)22-13-14-2-1-11-21-12-14/h1-12H,13H2,(H2,22,23,24). The lowest BCUT2D eigenvalue weighted by Gasteiger charge is -2.09. The zero-order valence-electron chi connectivity index (χ0n) is 14.1. The molecule has 0 unspecified atom stereocenters. The van der Waals surface area contributed by atoms with E-state index < -0.39 is 15.9 Å². The minimum Gasteiger partial charge on any atom is -0.334 e. The summed E-state index contributed by atoms with van der Waals surface area (Å²) >= 11 is 5.80. The van der Waals surface area contributed by atoms with E-state index in [0.717, 1.165) is 5.56 Å². The van der Waals surface area contributed by atoms with Crippen molar-refractivity contribution in [1.29, 1.82) is 0 Å². The van der Waals surface area contributed by atoms with Gasteiger partial charge in [0.15, 0.2) is 0 Å². The molecule has 2 amide bonds. The Morgan fingerprint density at radius 2 is 1.59 bits per heavy atom. The molecular formula is C19H16ClN3O3S. The van der Waals surface area contributed by atoms with Gasteiger partial charge in [-0.15, -0.1) is 0 Å². The number of hydrogen-bond donors (Lipinski definition) is 2. The van der Waals surface area contributed by atoms with Crippen molar-refractivity contribution >= 4 is 33.2 Å². The number of carbonyl (C=O) groups excluding carboxylic acids is 1. The number of nitrogens with one attached hydrogen (secondary N) is 2. The maximum Gasteiger partial charge on any atom is 0.319 e. The summed E-state index contributed by atoms with van der Waals surface area (Å²) in [5.74, 6) is 0. The summed E-state index contributed by atoms with van der Waals surface area (Å²) < 4.78 is 25.2. The molecule has 0 saturated heterocycles. The van der Waals surface area contributed by atoms with E-state index in [-0.39, 0.29) is 9.79 Å². The second-order valence-corrected chi connectivity index (χ2v) is 8.04. The van der Waals surface area contributed by atoms with Crippen molar-refractivity contribution in [3.8, 4) is 0 Å². The maximum absolute atomic E-state index is 12.6. The second-order valence-electron chi connectivity index (χ2n) is 5.65. The predicted molar refractivity (Wildman–Crippen MR) is 103 cm³/mol. The van der Waals surface area contributed by atoms with E-state index in [4.69, 9.17) is 11.6 Å². The van der Waals surface area contributed by atoms with Crippen LogP contribution in [-0.4, -0.2) is 19.4 Å². The van der Waals surface area contributed by atoms with Gasteiger partial charge in [0.25, 0.3) is 0 Å². The number of urea groups is 1. The third-order valence-corrected chi connectivity index (χ3v) is 5.76. The minimum atomic E-state index is -3.64. The molecule has 0 bridgehead atoms. The smallest absolute Gasteiger partial charge is 0.319 e. The molecule has 6 nitrogen and oxygen atoms in total. The Labute approximate surface area is 162 Å². The SMILES string of the molecule is O=C(NCc1cccnc1)Nc1ccc(S(=O)(=O)c2ccc(Cl)cc2)cc1. The Morgan fingerprint density at radius 3 is 2.19 bits per heavy atom. The summed E-state index contributed by atoms with van der Waals surface area (Å²) in [5, 5.41) is 5.82. The number of anilines is 1. The van der Waals surface area contributed by atoms with Gasteiger partial charge in [0.05, 0.1) is 9.79 Å². The number of pyridine rings is 1. The maximum atomic E-state index is 12.6. The summed E-state index contributed by atoms with van der Waals surface area (Å²) in [7, 11) is -3.64. The lowest BCUT2D eigenvalue weighted by Crippen LogP contribution is -2.28. The Morgan fingerprint density at radius 1 is 0.963 bits per heavy atom. The number of hydrogen-bond acceptors (Lipinski definition) is 4. The summed E-state index contributed by atoms with van der Waals surface area (Å²) in [6.45, 7) is 0.336. The first-order chi connectivity index (χ1) is 12.9. The molecule has 1 heterocycles. The van der Waals surface area contributed by atoms with E-state index in [0.29, 0.717) is 17.3 Å². The topological polar surface area (TPSA) is 88.2 Å². The fraction of sp³-hybridized carbons (Fsp3) is 0.0526. The first-order valence-electron chi connectivity index (χ1n) is 7.99. The highest BCUT2D eigenvalue weighted by Gasteiger charge is 2.17. The molecule has 0 radical (unpaired) electrons. The first-order valence-corrected chi connectivity index (χ1v) is 9.86. The average molecular weight is 402 g/mol. The van der Waals surface area contributed by atoms with Crippen LogP contribution < -0.4 is 10.6 Å². The monoisotopic (exact) mass is 401 g/mol.